The molecular formula is C32H31N7O2. The summed E-state index contributed by atoms with van der Waals surface area (Å²) in [5, 5.41) is 6.07. The summed E-state index contributed by atoms with van der Waals surface area (Å²) in [5.74, 6) is 1.84. The van der Waals surface area contributed by atoms with Gasteiger partial charge in [-0.3, -0.25) is 4.79 Å². The fourth-order valence-corrected chi connectivity index (χ4v) is 5.57. The molecule has 0 amide bonds. The van der Waals surface area contributed by atoms with E-state index in [0.29, 0.717) is 35.1 Å². The van der Waals surface area contributed by atoms with Gasteiger partial charge in [0.15, 0.2) is 5.82 Å². The highest BCUT2D eigenvalue weighted by Crippen LogP contribution is 2.40. The zero-order valence-corrected chi connectivity index (χ0v) is 23.0. The predicted octanol–water partition coefficient (Wildman–Crippen LogP) is 4.43. The SMILES string of the molecule is Cc1c(-c2nc(N)nc(Cc3ccc(N4CCOCC4)cc3)n2)cccc1-n1ncc2cc(C3CC3)ccc2c1=O. The van der Waals surface area contributed by atoms with Gasteiger partial charge in [-0.05, 0) is 72.7 Å². The second-order valence-electron chi connectivity index (χ2n) is 10.8. The maximum atomic E-state index is 13.5. The summed E-state index contributed by atoms with van der Waals surface area (Å²) in [5.41, 5.74) is 11.8. The van der Waals surface area contributed by atoms with E-state index in [2.05, 4.69) is 56.4 Å². The Balaban J connectivity index is 1.19. The zero-order valence-electron chi connectivity index (χ0n) is 23.0. The van der Waals surface area contributed by atoms with Crippen LogP contribution in [0.25, 0.3) is 27.8 Å². The van der Waals surface area contributed by atoms with Crippen molar-refractivity contribution in [3.05, 3.63) is 99.7 Å². The summed E-state index contributed by atoms with van der Waals surface area (Å²) in [7, 11) is 0. The minimum Gasteiger partial charge on any atom is -0.378 e. The van der Waals surface area contributed by atoms with E-state index in [1.807, 2.05) is 31.2 Å². The molecular weight excluding hydrogens is 514 g/mol. The topological polar surface area (TPSA) is 112 Å². The van der Waals surface area contributed by atoms with Crippen LogP contribution in [0.1, 0.15) is 41.3 Å². The number of hydrogen-bond donors (Lipinski definition) is 1. The lowest BCUT2D eigenvalue weighted by Crippen LogP contribution is -2.36. The zero-order chi connectivity index (χ0) is 27.9. The summed E-state index contributed by atoms with van der Waals surface area (Å²) >= 11 is 0. The molecule has 9 heteroatoms. The molecule has 7 rings (SSSR count). The molecule has 1 saturated heterocycles. The van der Waals surface area contributed by atoms with E-state index in [1.165, 1.54) is 28.8 Å². The van der Waals surface area contributed by atoms with Crippen LogP contribution in [-0.2, 0) is 11.2 Å². The lowest BCUT2D eigenvalue weighted by atomic mass is 10.0. The highest BCUT2D eigenvalue weighted by molar-refractivity contribution is 5.82. The number of anilines is 2. The average molecular weight is 546 g/mol. The maximum absolute atomic E-state index is 13.5. The summed E-state index contributed by atoms with van der Waals surface area (Å²) in [6.07, 6.45) is 4.73. The molecule has 0 radical (unpaired) electrons. The van der Waals surface area contributed by atoms with E-state index < -0.39 is 0 Å². The fraction of sp³-hybridized carbons (Fsp3) is 0.281. The van der Waals surface area contributed by atoms with Crippen molar-refractivity contribution >= 4 is 22.4 Å². The second kappa shape index (κ2) is 10.4. The standard InChI is InChI=1S/C32H31N7O2/c1-20-26(3-2-4-28(20)39-31(40)27-12-9-23(22-7-8-22)18-24(27)19-34-39)30-35-29(36-32(33)37-30)17-21-5-10-25(11-6-21)38-13-15-41-16-14-38/h2-6,9-12,18-19,22H,7-8,13-17H2,1H3,(H2,33,35,36,37). The van der Waals surface area contributed by atoms with Crippen LogP contribution in [-0.4, -0.2) is 51.0 Å². The number of aromatic nitrogens is 5. The minimum absolute atomic E-state index is 0.151. The van der Waals surface area contributed by atoms with Crippen molar-refractivity contribution < 1.29 is 4.74 Å². The fourth-order valence-electron chi connectivity index (χ4n) is 5.57. The molecule has 0 atom stereocenters. The van der Waals surface area contributed by atoms with Gasteiger partial charge in [-0.25, -0.2) is 4.98 Å². The number of hydrogen-bond acceptors (Lipinski definition) is 8. The van der Waals surface area contributed by atoms with Crippen molar-refractivity contribution in [1.29, 1.82) is 0 Å². The number of rotatable bonds is 6. The lowest BCUT2D eigenvalue weighted by molar-refractivity contribution is 0.122. The van der Waals surface area contributed by atoms with E-state index in [1.54, 1.807) is 6.20 Å². The molecule has 5 aromatic rings. The van der Waals surface area contributed by atoms with Gasteiger partial charge in [-0.1, -0.05) is 30.3 Å². The van der Waals surface area contributed by atoms with Crippen molar-refractivity contribution in [3.8, 4) is 17.1 Å². The number of fused-ring (bicyclic) bond motifs is 1. The third kappa shape index (κ3) is 5.04. The van der Waals surface area contributed by atoms with Gasteiger partial charge in [0.2, 0.25) is 5.95 Å². The highest BCUT2D eigenvalue weighted by Gasteiger charge is 2.24. The van der Waals surface area contributed by atoms with E-state index >= 15 is 0 Å². The van der Waals surface area contributed by atoms with Gasteiger partial charge in [0.05, 0.1) is 30.5 Å². The third-order valence-corrected chi connectivity index (χ3v) is 8.01. The molecule has 3 heterocycles. The van der Waals surface area contributed by atoms with Crippen molar-refractivity contribution in [2.75, 3.05) is 36.9 Å². The number of nitrogens with zero attached hydrogens (tertiary/aromatic N) is 6. The first-order valence-corrected chi connectivity index (χ1v) is 14.1. The Kier molecular flexibility index (Phi) is 6.43. The number of nitrogens with two attached hydrogens (primary N) is 1. The molecule has 0 bridgehead atoms. The molecule has 2 aromatic heterocycles. The normalized spacial score (nSPS) is 15.4. The van der Waals surface area contributed by atoms with Gasteiger partial charge in [-0.2, -0.15) is 19.7 Å². The summed E-state index contributed by atoms with van der Waals surface area (Å²) in [6.45, 7) is 5.24. The van der Waals surface area contributed by atoms with E-state index in [-0.39, 0.29) is 11.5 Å². The summed E-state index contributed by atoms with van der Waals surface area (Å²) in [6, 6.07) is 20.2. The van der Waals surface area contributed by atoms with E-state index in [4.69, 9.17) is 15.5 Å². The molecule has 41 heavy (non-hydrogen) atoms. The molecule has 3 aromatic carbocycles. The van der Waals surface area contributed by atoms with Gasteiger partial charge in [-0.15, -0.1) is 0 Å². The molecule has 0 spiro atoms. The largest absolute Gasteiger partial charge is 0.378 e. The van der Waals surface area contributed by atoms with Crippen LogP contribution in [0.2, 0.25) is 0 Å². The van der Waals surface area contributed by atoms with Crippen molar-refractivity contribution in [1.82, 2.24) is 24.7 Å². The average Bonchev–Trinajstić information content (AvgIpc) is 3.84. The Morgan fingerprint density at radius 2 is 1.78 bits per heavy atom. The van der Waals surface area contributed by atoms with Gasteiger partial charge in [0.1, 0.15) is 5.82 Å². The van der Waals surface area contributed by atoms with E-state index in [0.717, 1.165) is 48.4 Å². The Morgan fingerprint density at radius 3 is 2.56 bits per heavy atom. The van der Waals surface area contributed by atoms with Gasteiger partial charge >= 0.3 is 0 Å². The summed E-state index contributed by atoms with van der Waals surface area (Å²) in [4.78, 5) is 29.4. The van der Waals surface area contributed by atoms with Crippen LogP contribution < -0.4 is 16.2 Å². The molecule has 1 aliphatic heterocycles. The van der Waals surface area contributed by atoms with Gasteiger partial charge in [0.25, 0.3) is 5.56 Å². The Morgan fingerprint density at radius 1 is 0.976 bits per heavy atom. The van der Waals surface area contributed by atoms with Crippen LogP contribution in [0.5, 0.6) is 0 Å². The molecule has 2 aliphatic rings. The Labute approximate surface area is 237 Å². The first kappa shape index (κ1) is 25.3. The van der Waals surface area contributed by atoms with Crippen LogP contribution >= 0.6 is 0 Å². The van der Waals surface area contributed by atoms with Crippen LogP contribution in [0.3, 0.4) is 0 Å². The molecule has 2 N–H and O–H groups in total. The first-order valence-electron chi connectivity index (χ1n) is 14.1. The van der Waals surface area contributed by atoms with Crippen molar-refractivity contribution in [2.24, 2.45) is 0 Å². The van der Waals surface area contributed by atoms with Crippen LogP contribution in [0, 0.1) is 6.92 Å². The van der Waals surface area contributed by atoms with Crippen molar-refractivity contribution in [3.63, 3.8) is 0 Å². The molecule has 2 fully saturated rings. The highest BCUT2D eigenvalue weighted by atomic mass is 16.5. The van der Waals surface area contributed by atoms with Crippen LogP contribution in [0.15, 0.2) is 71.7 Å². The molecule has 206 valence electrons. The van der Waals surface area contributed by atoms with Gasteiger partial charge in [0, 0.05) is 36.1 Å². The quantitative estimate of drug-likeness (QED) is 0.334. The maximum Gasteiger partial charge on any atom is 0.279 e. The Bertz CT molecular complexity index is 1810. The Hall–Kier alpha value is -4.63. The van der Waals surface area contributed by atoms with E-state index in [9.17, 15) is 4.79 Å². The number of ether oxygens (including phenoxy) is 1. The predicted molar refractivity (Wildman–Crippen MR) is 160 cm³/mol. The molecule has 0 unspecified atom stereocenters. The number of morpholine rings is 1. The molecule has 9 nitrogen and oxygen atoms in total. The smallest absolute Gasteiger partial charge is 0.279 e. The summed E-state index contributed by atoms with van der Waals surface area (Å²) < 4.78 is 6.92. The van der Waals surface area contributed by atoms with Gasteiger partial charge < -0.3 is 15.4 Å². The monoisotopic (exact) mass is 545 g/mol. The lowest BCUT2D eigenvalue weighted by Gasteiger charge is -2.28. The van der Waals surface area contributed by atoms with Crippen LogP contribution in [0.4, 0.5) is 11.6 Å². The third-order valence-electron chi connectivity index (χ3n) is 8.01. The minimum atomic E-state index is -0.151. The second-order valence-corrected chi connectivity index (χ2v) is 10.8. The first-order chi connectivity index (χ1) is 20.0. The molecule has 1 saturated carbocycles. The molecule has 1 aliphatic carbocycles. The number of nitrogen functional groups attached to an aromatic ring is 1. The number of benzene rings is 3. The van der Waals surface area contributed by atoms with Crippen molar-refractivity contribution in [2.45, 2.75) is 32.1 Å².